The van der Waals surface area contributed by atoms with Gasteiger partial charge in [-0.2, -0.15) is 0 Å². The first kappa shape index (κ1) is 11.3. The van der Waals surface area contributed by atoms with Crippen LogP contribution in [0, 0.1) is 0 Å². The van der Waals surface area contributed by atoms with Crippen LogP contribution in [-0.4, -0.2) is 37.7 Å². The van der Waals surface area contributed by atoms with Crippen LogP contribution in [0.4, 0.5) is 0 Å². The Morgan fingerprint density at radius 1 is 1.21 bits per heavy atom. The molecular formula is C11H17ClNO+. The van der Waals surface area contributed by atoms with Gasteiger partial charge in [0, 0.05) is 0 Å². The number of para-hydroxylation sites is 1. The van der Waals surface area contributed by atoms with Crippen LogP contribution >= 0.6 is 11.6 Å². The molecule has 0 aliphatic carbocycles. The molecule has 1 rings (SSSR count). The number of quaternary nitrogens is 1. The van der Waals surface area contributed by atoms with Gasteiger partial charge in [0.05, 0.1) is 21.1 Å². The van der Waals surface area contributed by atoms with Crippen molar-refractivity contribution >= 4 is 11.6 Å². The van der Waals surface area contributed by atoms with Crippen LogP contribution in [0.3, 0.4) is 0 Å². The second kappa shape index (κ2) is 4.67. The maximum atomic E-state index is 6.06. The number of rotatable bonds is 4. The number of hydrogen-bond donors (Lipinski definition) is 0. The SMILES string of the molecule is C[N+](C)(C)CC(Cl)Oc1ccccc1. The molecule has 78 valence electrons. The van der Waals surface area contributed by atoms with E-state index in [1.165, 1.54) is 0 Å². The highest BCUT2D eigenvalue weighted by Crippen LogP contribution is 2.13. The van der Waals surface area contributed by atoms with Gasteiger partial charge >= 0.3 is 0 Å². The summed E-state index contributed by atoms with van der Waals surface area (Å²) in [6.07, 6.45) is 0. The molecule has 0 aromatic heterocycles. The molecule has 0 saturated carbocycles. The molecule has 0 fully saturated rings. The van der Waals surface area contributed by atoms with E-state index in [0.717, 1.165) is 16.8 Å². The van der Waals surface area contributed by atoms with Gasteiger partial charge in [-0.15, -0.1) is 0 Å². The van der Waals surface area contributed by atoms with E-state index in [-0.39, 0.29) is 5.56 Å². The Balaban J connectivity index is 2.46. The second-order valence-corrected chi connectivity index (χ2v) is 4.80. The topological polar surface area (TPSA) is 9.23 Å². The summed E-state index contributed by atoms with van der Waals surface area (Å²) in [7, 11) is 6.26. The van der Waals surface area contributed by atoms with E-state index in [1.807, 2.05) is 30.3 Å². The lowest BCUT2D eigenvalue weighted by molar-refractivity contribution is -0.871. The first-order valence-electron chi connectivity index (χ1n) is 4.63. The summed E-state index contributed by atoms with van der Waals surface area (Å²) >= 11 is 6.06. The van der Waals surface area contributed by atoms with Gasteiger partial charge in [-0.05, 0) is 12.1 Å². The molecule has 0 aliphatic rings. The third-order valence-corrected chi connectivity index (χ3v) is 1.93. The number of halogens is 1. The number of ether oxygens (including phenoxy) is 1. The van der Waals surface area contributed by atoms with Crippen molar-refractivity contribution in [1.29, 1.82) is 0 Å². The molecule has 3 heteroatoms. The minimum absolute atomic E-state index is 0.280. The molecule has 14 heavy (non-hydrogen) atoms. The number of likely N-dealkylation sites (N-methyl/N-ethyl adjacent to an activating group) is 1. The molecule has 1 atom stereocenters. The molecule has 0 spiro atoms. The fourth-order valence-corrected chi connectivity index (χ4v) is 1.63. The highest BCUT2D eigenvalue weighted by atomic mass is 35.5. The smallest absolute Gasteiger partial charge is 0.220 e. The maximum absolute atomic E-state index is 6.06. The molecule has 0 N–H and O–H groups in total. The van der Waals surface area contributed by atoms with E-state index in [1.54, 1.807) is 0 Å². The zero-order valence-electron chi connectivity index (χ0n) is 8.90. The Morgan fingerprint density at radius 2 is 1.79 bits per heavy atom. The molecule has 0 heterocycles. The van der Waals surface area contributed by atoms with Gasteiger partial charge in [0.15, 0.2) is 0 Å². The Kier molecular flexibility index (Phi) is 3.78. The van der Waals surface area contributed by atoms with Crippen molar-refractivity contribution < 1.29 is 9.22 Å². The van der Waals surface area contributed by atoms with Crippen molar-refractivity contribution in [2.75, 3.05) is 27.7 Å². The van der Waals surface area contributed by atoms with Crippen molar-refractivity contribution in [3.63, 3.8) is 0 Å². The van der Waals surface area contributed by atoms with Gasteiger partial charge in [-0.3, -0.25) is 0 Å². The maximum Gasteiger partial charge on any atom is 0.220 e. The van der Waals surface area contributed by atoms with E-state index in [2.05, 4.69) is 21.1 Å². The summed E-state index contributed by atoms with van der Waals surface area (Å²) in [5, 5.41) is 0. The van der Waals surface area contributed by atoms with Crippen molar-refractivity contribution in [1.82, 2.24) is 0 Å². The minimum Gasteiger partial charge on any atom is -0.469 e. The van der Waals surface area contributed by atoms with Gasteiger partial charge < -0.3 is 9.22 Å². The molecule has 0 radical (unpaired) electrons. The van der Waals surface area contributed by atoms with E-state index < -0.39 is 0 Å². The van der Waals surface area contributed by atoms with Crippen molar-refractivity contribution in [3.8, 4) is 5.75 Å². The van der Waals surface area contributed by atoms with Crippen LogP contribution in [-0.2, 0) is 0 Å². The highest BCUT2D eigenvalue weighted by molar-refractivity contribution is 6.19. The van der Waals surface area contributed by atoms with E-state index in [0.29, 0.717) is 0 Å². The Morgan fingerprint density at radius 3 is 2.29 bits per heavy atom. The molecule has 1 aromatic carbocycles. The molecule has 0 saturated heterocycles. The normalized spacial score (nSPS) is 13.7. The fraction of sp³-hybridized carbons (Fsp3) is 0.455. The average molecular weight is 215 g/mol. The predicted octanol–water partition coefficient (Wildman–Crippen LogP) is 2.34. The lowest BCUT2D eigenvalue weighted by atomic mass is 10.3. The van der Waals surface area contributed by atoms with E-state index in [9.17, 15) is 0 Å². The molecule has 0 aliphatic heterocycles. The number of nitrogens with zero attached hydrogens (tertiary/aromatic N) is 1. The number of benzene rings is 1. The third-order valence-electron chi connectivity index (χ3n) is 1.70. The van der Waals surface area contributed by atoms with Crippen LogP contribution in [0.2, 0.25) is 0 Å². The Bertz CT molecular complexity index is 268. The van der Waals surface area contributed by atoms with E-state index in [4.69, 9.17) is 16.3 Å². The third kappa shape index (κ3) is 4.49. The Labute approximate surface area is 90.6 Å². The lowest BCUT2D eigenvalue weighted by Gasteiger charge is -2.26. The lowest BCUT2D eigenvalue weighted by Crippen LogP contribution is -2.41. The molecule has 1 aromatic rings. The summed E-state index contributed by atoms with van der Waals surface area (Å²) in [6, 6.07) is 9.64. The van der Waals surface area contributed by atoms with Crippen LogP contribution < -0.4 is 4.74 Å². The first-order chi connectivity index (χ1) is 6.47. The summed E-state index contributed by atoms with van der Waals surface area (Å²) in [5.41, 5.74) is -0.280. The molecule has 0 bridgehead atoms. The predicted molar refractivity (Wildman–Crippen MR) is 59.6 cm³/mol. The zero-order valence-corrected chi connectivity index (χ0v) is 9.66. The van der Waals surface area contributed by atoms with Crippen molar-refractivity contribution in [2.24, 2.45) is 0 Å². The second-order valence-electron chi connectivity index (χ2n) is 4.31. The minimum atomic E-state index is -0.280. The molecule has 1 unspecified atom stereocenters. The van der Waals surface area contributed by atoms with Crippen LogP contribution in [0.15, 0.2) is 30.3 Å². The molecule has 2 nitrogen and oxygen atoms in total. The number of hydrogen-bond acceptors (Lipinski definition) is 1. The quantitative estimate of drug-likeness (QED) is 0.552. The standard InChI is InChI=1S/C11H17ClNO/c1-13(2,3)9-11(12)14-10-7-5-4-6-8-10/h4-8,11H,9H2,1-3H3/q+1. The Hall–Kier alpha value is -0.730. The van der Waals surface area contributed by atoms with Crippen LogP contribution in [0.1, 0.15) is 0 Å². The van der Waals surface area contributed by atoms with Gasteiger partial charge in [-0.1, -0.05) is 29.8 Å². The van der Waals surface area contributed by atoms with Crippen molar-refractivity contribution in [3.05, 3.63) is 30.3 Å². The van der Waals surface area contributed by atoms with E-state index >= 15 is 0 Å². The summed E-state index contributed by atoms with van der Waals surface area (Å²) < 4.78 is 6.33. The monoisotopic (exact) mass is 214 g/mol. The van der Waals surface area contributed by atoms with Gasteiger partial charge in [0.2, 0.25) is 5.56 Å². The van der Waals surface area contributed by atoms with Gasteiger partial charge in [-0.25, -0.2) is 0 Å². The summed E-state index contributed by atoms with van der Waals surface area (Å²) in [5.74, 6) is 0.820. The highest BCUT2D eigenvalue weighted by Gasteiger charge is 2.16. The van der Waals surface area contributed by atoms with Gasteiger partial charge in [0.25, 0.3) is 0 Å². The van der Waals surface area contributed by atoms with Gasteiger partial charge in [0.1, 0.15) is 12.3 Å². The average Bonchev–Trinajstić information content (AvgIpc) is 2.02. The molecular weight excluding hydrogens is 198 g/mol. The molecule has 0 amide bonds. The van der Waals surface area contributed by atoms with Crippen LogP contribution in [0.5, 0.6) is 5.75 Å². The number of alkyl halides is 1. The first-order valence-corrected chi connectivity index (χ1v) is 5.07. The zero-order chi connectivity index (χ0) is 10.6. The summed E-state index contributed by atoms with van der Waals surface area (Å²) in [4.78, 5) is 0. The fourth-order valence-electron chi connectivity index (χ4n) is 1.11. The largest absolute Gasteiger partial charge is 0.469 e. The summed E-state index contributed by atoms with van der Waals surface area (Å²) in [6.45, 7) is 0.774. The van der Waals surface area contributed by atoms with Crippen molar-refractivity contribution in [2.45, 2.75) is 5.56 Å². The van der Waals surface area contributed by atoms with Crippen LogP contribution in [0.25, 0.3) is 0 Å².